The van der Waals surface area contributed by atoms with Crippen molar-refractivity contribution in [1.82, 2.24) is 10.6 Å². The highest BCUT2D eigenvalue weighted by Crippen LogP contribution is 2.20. The summed E-state index contributed by atoms with van der Waals surface area (Å²) >= 11 is 0. The average Bonchev–Trinajstić information content (AvgIpc) is 2.68. The normalized spacial score (nSPS) is 14.5. The second kappa shape index (κ2) is 11.3. The number of ether oxygens (including phenoxy) is 1. The molecule has 1 aromatic carbocycles. The molecule has 0 saturated heterocycles. The number of non-ortho nitro benzene ring substituents is 1. The Labute approximate surface area is 158 Å². The van der Waals surface area contributed by atoms with E-state index in [-0.39, 0.29) is 30.5 Å². The molecule has 1 aliphatic carbocycles. The van der Waals surface area contributed by atoms with Gasteiger partial charge in [-0.25, -0.2) is 0 Å². The second-order valence-electron chi connectivity index (χ2n) is 6.64. The molecule has 1 aliphatic rings. The van der Waals surface area contributed by atoms with Crippen molar-refractivity contribution in [3.05, 3.63) is 39.9 Å². The summed E-state index contributed by atoms with van der Waals surface area (Å²) in [5, 5.41) is 16.0. The Hall–Kier alpha value is -2.48. The van der Waals surface area contributed by atoms with Crippen molar-refractivity contribution in [2.75, 3.05) is 19.7 Å². The van der Waals surface area contributed by atoms with E-state index in [4.69, 9.17) is 4.74 Å². The fourth-order valence-corrected chi connectivity index (χ4v) is 3.00. The summed E-state index contributed by atoms with van der Waals surface area (Å²) in [6.45, 7) is 1.42. The van der Waals surface area contributed by atoms with Gasteiger partial charge in [-0.05, 0) is 31.4 Å². The average molecular weight is 377 g/mol. The number of hydrogen-bond donors (Lipinski definition) is 2. The second-order valence-corrected chi connectivity index (χ2v) is 6.64. The number of nitrogens with zero attached hydrogens (tertiary/aromatic N) is 1. The number of nitro benzene ring substituents is 1. The predicted octanol–water partition coefficient (Wildman–Crippen LogP) is 2.57. The zero-order valence-electron chi connectivity index (χ0n) is 15.4. The van der Waals surface area contributed by atoms with Crippen molar-refractivity contribution < 1.29 is 19.2 Å². The molecule has 0 radical (unpaired) electrons. The number of amides is 2. The molecule has 1 fully saturated rings. The Morgan fingerprint density at radius 2 is 1.78 bits per heavy atom. The highest BCUT2D eigenvalue weighted by molar-refractivity contribution is 5.94. The minimum Gasteiger partial charge on any atom is -0.378 e. The van der Waals surface area contributed by atoms with Crippen LogP contribution in [0.15, 0.2) is 24.3 Å². The van der Waals surface area contributed by atoms with E-state index in [1.807, 2.05) is 0 Å². The molecule has 8 nitrogen and oxygen atoms in total. The summed E-state index contributed by atoms with van der Waals surface area (Å²) in [4.78, 5) is 33.8. The number of rotatable bonds is 10. The molecular weight excluding hydrogens is 350 g/mol. The van der Waals surface area contributed by atoms with E-state index >= 15 is 0 Å². The molecule has 0 unspecified atom stereocenters. The maximum atomic E-state index is 11.9. The molecule has 27 heavy (non-hydrogen) atoms. The van der Waals surface area contributed by atoms with Crippen molar-refractivity contribution in [1.29, 1.82) is 0 Å². The highest BCUT2D eigenvalue weighted by Gasteiger charge is 2.13. The number of nitro groups is 1. The zero-order chi connectivity index (χ0) is 19.5. The predicted molar refractivity (Wildman–Crippen MR) is 100 cm³/mol. The molecular formula is C19H27N3O5. The van der Waals surface area contributed by atoms with Crippen LogP contribution in [0.25, 0.3) is 0 Å². The van der Waals surface area contributed by atoms with Gasteiger partial charge in [0, 0.05) is 43.8 Å². The maximum Gasteiger partial charge on any atom is 0.269 e. The Bertz CT molecular complexity index is 627. The fourth-order valence-electron chi connectivity index (χ4n) is 3.00. The van der Waals surface area contributed by atoms with E-state index in [2.05, 4.69) is 10.6 Å². The number of benzene rings is 1. The Balaban J connectivity index is 1.53. The number of carbonyl (C=O) groups is 2. The van der Waals surface area contributed by atoms with Gasteiger partial charge in [0.1, 0.15) is 0 Å². The van der Waals surface area contributed by atoms with Crippen LogP contribution in [0, 0.1) is 10.1 Å². The highest BCUT2D eigenvalue weighted by atomic mass is 16.6. The molecule has 0 heterocycles. The van der Waals surface area contributed by atoms with Crippen LogP contribution < -0.4 is 10.6 Å². The Kier molecular flexibility index (Phi) is 8.70. The van der Waals surface area contributed by atoms with Crippen molar-refractivity contribution in [3.8, 4) is 0 Å². The van der Waals surface area contributed by atoms with Crippen molar-refractivity contribution in [2.24, 2.45) is 0 Å². The molecule has 0 atom stereocenters. The summed E-state index contributed by atoms with van der Waals surface area (Å²) in [7, 11) is 0. The van der Waals surface area contributed by atoms with Gasteiger partial charge in [0.15, 0.2) is 0 Å². The molecule has 0 aliphatic heterocycles. The minimum absolute atomic E-state index is 0.0709. The molecule has 2 rings (SSSR count). The third kappa shape index (κ3) is 7.74. The van der Waals surface area contributed by atoms with Crippen LogP contribution in [-0.4, -0.2) is 42.5 Å². The van der Waals surface area contributed by atoms with Crippen LogP contribution in [0.2, 0.25) is 0 Å². The van der Waals surface area contributed by atoms with E-state index in [9.17, 15) is 19.7 Å². The van der Waals surface area contributed by atoms with E-state index in [0.29, 0.717) is 24.8 Å². The molecule has 148 valence electrons. The SMILES string of the molecule is O=C(CCNC(=O)c1ccc([N+](=O)[O-])cc1)NCCCOC1CCCCC1. The van der Waals surface area contributed by atoms with Crippen molar-refractivity contribution in [2.45, 2.75) is 51.0 Å². The lowest BCUT2D eigenvalue weighted by Crippen LogP contribution is -2.31. The molecule has 0 aromatic heterocycles. The van der Waals surface area contributed by atoms with E-state index in [1.54, 1.807) is 0 Å². The third-order valence-corrected chi connectivity index (χ3v) is 4.53. The fraction of sp³-hybridized carbons (Fsp3) is 0.579. The standard InChI is InChI=1S/C19H27N3O5/c23-18(20-12-4-14-27-17-5-2-1-3-6-17)11-13-21-19(24)15-7-9-16(10-8-15)22(25)26/h7-10,17H,1-6,11-14H2,(H,20,23)(H,21,24). The van der Waals surface area contributed by atoms with E-state index in [1.165, 1.54) is 43.5 Å². The third-order valence-electron chi connectivity index (χ3n) is 4.53. The Morgan fingerprint density at radius 3 is 2.44 bits per heavy atom. The minimum atomic E-state index is -0.522. The molecule has 0 bridgehead atoms. The van der Waals surface area contributed by atoms with Gasteiger partial charge in [-0.15, -0.1) is 0 Å². The van der Waals surface area contributed by atoms with Gasteiger partial charge < -0.3 is 15.4 Å². The summed E-state index contributed by atoms with van der Waals surface area (Å²) < 4.78 is 5.80. The van der Waals surface area contributed by atoms with Gasteiger partial charge >= 0.3 is 0 Å². The van der Waals surface area contributed by atoms with Gasteiger partial charge in [0.05, 0.1) is 11.0 Å². The van der Waals surface area contributed by atoms with Gasteiger partial charge in [-0.3, -0.25) is 19.7 Å². The van der Waals surface area contributed by atoms with Gasteiger partial charge in [0.2, 0.25) is 5.91 Å². The first-order chi connectivity index (χ1) is 13.1. The lowest BCUT2D eigenvalue weighted by molar-refractivity contribution is -0.384. The molecule has 8 heteroatoms. The first-order valence-corrected chi connectivity index (χ1v) is 9.47. The van der Waals surface area contributed by atoms with Gasteiger partial charge in [-0.2, -0.15) is 0 Å². The number of carbonyl (C=O) groups excluding carboxylic acids is 2. The van der Waals surface area contributed by atoms with E-state index in [0.717, 1.165) is 19.3 Å². The number of nitrogens with one attached hydrogen (secondary N) is 2. The zero-order valence-corrected chi connectivity index (χ0v) is 15.4. The van der Waals surface area contributed by atoms with E-state index < -0.39 is 4.92 Å². The maximum absolute atomic E-state index is 11.9. The van der Waals surface area contributed by atoms with Crippen molar-refractivity contribution >= 4 is 17.5 Å². The van der Waals surface area contributed by atoms with Crippen LogP contribution in [0.1, 0.15) is 55.3 Å². The summed E-state index contributed by atoms with van der Waals surface area (Å²) in [6.07, 6.45) is 7.40. The lowest BCUT2D eigenvalue weighted by Gasteiger charge is -2.21. The first kappa shape index (κ1) is 20.8. The molecule has 2 N–H and O–H groups in total. The van der Waals surface area contributed by atoms with Crippen molar-refractivity contribution in [3.63, 3.8) is 0 Å². The first-order valence-electron chi connectivity index (χ1n) is 9.47. The van der Waals surface area contributed by atoms with Gasteiger partial charge in [-0.1, -0.05) is 19.3 Å². The number of hydrogen-bond acceptors (Lipinski definition) is 5. The summed E-state index contributed by atoms with van der Waals surface area (Å²) in [6, 6.07) is 5.33. The molecule has 1 saturated carbocycles. The molecule has 2 amide bonds. The van der Waals surface area contributed by atoms with Crippen LogP contribution in [-0.2, 0) is 9.53 Å². The molecule has 0 spiro atoms. The van der Waals surface area contributed by atoms with Gasteiger partial charge in [0.25, 0.3) is 11.6 Å². The lowest BCUT2D eigenvalue weighted by atomic mass is 9.98. The summed E-state index contributed by atoms with van der Waals surface area (Å²) in [5.74, 6) is -0.491. The Morgan fingerprint density at radius 1 is 1.07 bits per heavy atom. The smallest absolute Gasteiger partial charge is 0.269 e. The van der Waals surface area contributed by atoms with Crippen LogP contribution >= 0.6 is 0 Å². The largest absolute Gasteiger partial charge is 0.378 e. The monoisotopic (exact) mass is 377 g/mol. The quantitative estimate of drug-likeness (QED) is 0.370. The van der Waals surface area contributed by atoms with Crippen LogP contribution in [0.4, 0.5) is 5.69 Å². The summed E-state index contributed by atoms with van der Waals surface area (Å²) in [5.41, 5.74) is 0.249. The van der Waals surface area contributed by atoms with Crippen LogP contribution in [0.5, 0.6) is 0 Å². The van der Waals surface area contributed by atoms with Crippen LogP contribution in [0.3, 0.4) is 0 Å². The molecule has 1 aromatic rings. The topological polar surface area (TPSA) is 111 Å².